The van der Waals surface area contributed by atoms with Crippen LogP contribution < -0.4 is 5.73 Å². The fraction of sp³-hybridized carbons (Fsp3) is 0.200. The maximum Gasteiger partial charge on any atom is 0.250 e. The Kier molecular flexibility index (Phi) is 3.04. The van der Waals surface area contributed by atoms with Gasteiger partial charge in [0.25, 0.3) is 0 Å². The van der Waals surface area contributed by atoms with Crippen LogP contribution >= 0.6 is 50.7 Å². The summed E-state index contributed by atoms with van der Waals surface area (Å²) in [6.07, 6.45) is 1.43. The number of anilines is 1. The molecular formula is C5H3BrCl3N3. The summed E-state index contributed by atoms with van der Waals surface area (Å²) in [5.74, 6) is 0.305. The Morgan fingerprint density at radius 1 is 1.42 bits per heavy atom. The highest BCUT2D eigenvalue weighted by molar-refractivity contribution is 9.10. The van der Waals surface area contributed by atoms with Crippen molar-refractivity contribution >= 4 is 56.6 Å². The second-order valence-corrected chi connectivity index (χ2v) is 5.06. The molecule has 0 aliphatic heterocycles. The van der Waals surface area contributed by atoms with Crippen LogP contribution in [0.3, 0.4) is 0 Å². The highest BCUT2D eigenvalue weighted by atomic mass is 79.9. The second-order valence-electron chi connectivity index (χ2n) is 1.92. The van der Waals surface area contributed by atoms with Crippen LogP contribution in [0.25, 0.3) is 0 Å². The quantitative estimate of drug-likeness (QED) is 0.748. The minimum Gasteiger partial charge on any atom is -0.383 e. The van der Waals surface area contributed by atoms with Crippen molar-refractivity contribution in [2.45, 2.75) is 3.79 Å². The van der Waals surface area contributed by atoms with Gasteiger partial charge < -0.3 is 5.73 Å². The predicted octanol–water partition coefficient (Wildman–Crippen LogP) is 2.65. The Morgan fingerprint density at radius 2 is 2.00 bits per heavy atom. The van der Waals surface area contributed by atoms with Gasteiger partial charge in [0.1, 0.15) is 5.82 Å². The zero-order chi connectivity index (χ0) is 9.35. The van der Waals surface area contributed by atoms with Gasteiger partial charge in [0.15, 0.2) is 5.82 Å². The van der Waals surface area contributed by atoms with Gasteiger partial charge in [-0.05, 0) is 15.9 Å². The number of alkyl halides is 3. The van der Waals surface area contributed by atoms with Gasteiger partial charge in [0.05, 0.1) is 4.47 Å². The van der Waals surface area contributed by atoms with E-state index in [1.807, 2.05) is 0 Å². The fourth-order valence-electron chi connectivity index (χ4n) is 0.517. The molecule has 0 aliphatic carbocycles. The number of hydrogen-bond acceptors (Lipinski definition) is 3. The minimum absolute atomic E-state index is 0.0631. The Balaban J connectivity index is 3.14. The van der Waals surface area contributed by atoms with Crippen molar-refractivity contribution in [3.05, 3.63) is 16.5 Å². The Labute approximate surface area is 92.4 Å². The third-order valence-corrected chi connectivity index (χ3v) is 2.14. The molecule has 0 aliphatic rings. The van der Waals surface area contributed by atoms with Crippen LogP contribution in [0.1, 0.15) is 5.82 Å². The number of aromatic nitrogens is 2. The molecule has 0 amide bonds. The molecule has 0 saturated carbocycles. The van der Waals surface area contributed by atoms with Crippen molar-refractivity contribution in [1.82, 2.24) is 9.97 Å². The maximum absolute atomic E-state index is 5.52. The zero-order valence-electron chi connectivity index (χ0n) is 5.56. The summed E-state index contributed by atoms with van der Waals surface area (Å²) in [4.78, 5) is 7.54. The molecule has 2 N–H and O–H groups in total. The van der Waals surface area contributed by atoms with E-state index in [0.717, 1.165) is 0 Å². The van der Waals surface area contributed by atoms with Crippen LogP contribution in [0, 0.1) is 0 Å². The van der Waals surface area contributed by atoms with Gasteiger partial charge in [-0.15, -0.1) is 0 Å². The fourth-order valence-corrected chi connectivity index (χ4v) is 0.981. The van der Waals surface area contributed by atoms with Gasteiger partial charge >= 0.3 is 0 Å². The van der Waals surface area contributed by atoms with Gasteiger partial charge in [-0.2, -0.15) is 0 Å². The first-order valence-corrected chi connectivity index (χ1v) is 4.69. The van der Waals surface area contributed by atoms with Crippen LogP contribution in [-0.4, -0.2) is 9.97 Å². The molecule has 7 heteroatoms. The summed E-state index contributed by atoms with van der Waals surface area (Å²) < 4.78 is -1.06. The third kappa shape index (κ3) is 2.36. The molecule has 1 heterocycles. The number of hydrogen-bond donors (Lipinski definition) is 1. The van der Waals surface area contributed by atoms with Crippen molar-refractivity contribution in [3.63, 3.8) is 0 Å². The third-order valence-electron chi connectivity index (χ3n) is 1.02. The van der Waals surface area contributed by atoms with E-state index in [1.54, 1.807) is 0 Å². The Hall–Kier alpha value is 0.230. The average Bonchev–Trinajstić information content (AvgIpc) is 1.92. The van der Waals surface area contributed by atoms with E-state index in [9.17, 15) is 0 Å². The summed E-state index contributed by atoms with van der Waals surface area (Å²) in [6, 6.07) is 0. The highest BCUT2D eigenvalue weighted by Gasteiger charge is 2.26. The second kappa shape index (κ2) is 3.54. The molecule has 0 bridgehead atoms. The summed E-state index contributed by atoms with van der Waals surface area (Å²) in [6.45, 7) is 0. The lowest BCUT2D eigenvalue weighted by Gasteiger charge is -2.08. The number of nitrogen functional groups attached to an aromatic ring is 1. The van der Waals surface area contributed by atoms with E-state index in [2.05, 4.69) is 25.9 Å². The van der Waals surface area contributed by atoms with Crippen molar-refractivity contribution in [2.75, 3.05) is 5.73 Å². The van der Waals surface area contributed by atoms with E-state index >= 15 is 0 Å². The number of nitrogens with two attached hydrogens (primary N) is 1. The summed E-state index contributed by atoms with van der Waals surface area (Å²) in [5.41, 5.74) is 5.44. The highest BCUT2D eigenvalue weighted by Crippen LogP contribution is 2.36. The number of rotatable bonds is 0. The molecule has 0 aromatic carbocycles. The Morgan fingerprint density at radius 3 is 2.42 bits per heavy atom. The zero-order valence-corrected chi connectivity index (χ0v) is 9.41. The summed E-state index contributed by atoms with van der Waals surface area (Å²) in [7, 11) is 0. The molecule has 1 aromatic heterocycles. The van der Waals surface area contributed by atoms with Gasteiger partial charge in [-0.1, -0.05) is 34.8 Å². The van der Waals surface area contributed by atoms with Crippen molar-refractivity contribution < 1.29 is 0 Å². The van der Waals surface area contributed by atoms with E-state index < -0.39 is 3.79 Å². The van der Waals surface area contributed by atoms with E-state index in [-0.39, 0.29) is 11.6 Å². The van der Waals surface area contributed by atoms with Crippen LogP contribution in [-0.2, 0) is 3.79 Å². The molecule has 12 heavy (non-hydrogen) atoms. The van der Waals surface area contributed by atoms with Crippen LogP contribution in [0.5, 0.6) is 0 Å². The standard InChI is InChI=1S/C5H3BrCl3N3/c6-2-1-11-4(5(7,8)9)12-3(2)10/h1H,(H2,10,11,12). The maximum atomic E-state index is 5.52. The lowest BCUT2D eigenvalue weighted by atomic mass is 10.5. The molecule has 0 spiro atoms. The molecule has 0 fully saturated rings. The van der Waals surface area contributed by atoms with Gasteiger partial charge in [0.2, 0.25) is 3.79 Å². The van der Waals surface area contributed by atoms with Crippen LogP contribution in [0.2, 0.25) is 0 Å². The van der Waals surface area contributed by atoms with Crippen LogP contribution in [0.4, 0.5) is 5.82 Å². The summed E-state index contributed by atoms with van der Waals surface area (Å²) in [5, 5.41) is 0. The lowest BCUT2D eigenvalue weighted by Crippen LogP contribution is -2.08. The SMILES string of the molecule is Nc1nc(C(Cl)(Cl)Cl)ncc1Br. The monoisotopic (exact) mass is 289 g/mol. The van der Waals surface area contributed by atoms with E-state index in [0.29, 0.717) is 4.47 Å². The van der Waals surface area contributed by atoms with Gasteiger partial charge in [-0.3, -0.25) is 0 Å². The van der Waals surface area contributed by atoms with Gasteiger partial charge in [0, 0.05) is 6.20 Å². The minimum atomic E-state index is -1.63. The normalized spacial score (nSPS) is 11.7. The molecular weight excluding hydrogens is 288 g/mol. The summed E-state index contributed by atoms with van der Waals surface area (Å²) >= 11 is 19.7. The first-order chi connectivity index (χ1) is 5.41. The largest absolute Gasteiger partial charge is 0.383 e. The van der Waals surface area contributed by atoms with Crippen LogP contribution in [0.15, 0.2) is 10.7 Å². The van der Waals surface area contributed by atoms with E-state index in [4.69, 9.17) is 40.5 Å². The lowest BCUT2D eigenvalue weighted by molar-refractivity contribution is 0.970. The first-order valence-electron chi connectivity index (χ1n) is 2.76. The number of halogens is 4. The van der Waals surface area contributed by atoms with Crippen molar-refractivity contribution in [2.24, 2.45) is 0 Å². The molecule has 0 atom stereocenters. The Bertz CT molecular complexity index is 298. The molecule has 1 rings (SSSR count). The van der Waals surface area contributed by atoms with E-state index in [1.165, 1.54) is 6.20 Å². The van der Waals surface area contributed by atoms with Crippen molar-refractivity contribution in [1.29, 1.82) is 0 Å². The molecule has 0 saturated heterocycles. The molecule has 3 nitrogen and oxygen atoms in total. The number of nitrogens with zero attached hydrogens (tertiary/aromatic N) is 2. The van der Waals surface area contributed by atoms with Crippen molar-refractivity contribution in [3.8, 4) is 0 Å². The van der Waals surface area contributed by atoms with Gasteiger partial charge in [-0.25, -0.2) is 9.97 Å². The predicted molar refractivity (Wildman–Crippen MR) is 53.4 cm³/mol. The first kappa shape index (κ1) is 10.3. The molecule has 66 valence electrons. The molecule has 1 aromatic rings. The smallest absolute Gasteiger partial charge is 0.250 e. The molecule has 0 unspecified atom stereocenters. The average molecular weight is 291 g/mol. The topological polar surface area (TPSA) is 51.8 Å². The molecule has 0 radical (unpaired) electrons.